The lowest BCUT2D eigenvalue weighted by Crippen LogP contribution is -2.14. The van der Waals surface area contributed by atoms with Gasteiger partial charge in [0.1, 0.15) is 5.75 Å². The van der Waals surface area contributed by atoms with Crippen LogP contribution in [0.1, 0.15) is 15.9 Å². The van der Waals surface area contributed by atoms with Gasteiger partial charge < -0.3 is 4.74 Å². The van der Waals surface area contributed by atoms with E-state index in [-0.39, 0.29) is 10.8 Å². The Morgan fingerprint density at radius 3 is 2.39 bits per heavy atom. The van der Waals surface area contributed by atoms with E-state index in [4.69, 9.17) is 4.74 Å². The van der Waals surface area contributed by atoms with Crippen LogP contribution in [0.4, 0.5) is 10.8 Å². The highest BCUT2D eigenvalue weighted by molar-refractivity contribution is 7.92. The Labute approximate surface area is 183 Å². The molecule has 1 amide bonds. The number of carbonyl (C=O) groups excluding carboxylic acids is 1. The Bertz CT molecular complexity index is 1350. The molecule has 7 nitrogen and oxygen atoms in total. The van der Waals surface area contributed by atoms with E-state index < -0.39 is 10.0 Å². The monoisotopic (exact) mass is 453 g/mol. The molecule has 0 spiro atoms. The number of carbonyl (C=O) groups is 1. The van der Waals surface area contributed by atoms with Crippen LogP contribution in [-0.4, -0.2) is 26.4 Å². The van der Waals surface area contributed by atoms with Gasteiger partial charge >= 0.3 is 0 Å². The van der Waals surface area contributed by atoms with Crippen LogP contribution in [0.15, 0.2) is 71.6 Å². The highest BCUT2D eigenvalue weighted by Crippen LogP contribution is 2.27. The number of sulfonamides is 1. The number of aryl methyl sites for hydroxylation is 1. The van der Waals surface area contributed by atoms with Crippen molar-refractivity contribution in [2.45, 2.75) is 11.8 Å². The number of aromatic nitrogens is 1. The van der Waals surface area contributed by atoms with Gasteiger partial charge in [0.2, 0.25) is 0 Å². The molecule has 1 heterocycles. The van der Waals surface area contributed by atoms with Crippen molar-refractivity contribution < 1.29 is 17.9 Å². The number of hydrogen-bond donors (Lipinski definition) is 2. The minimum atomic E-state index is -3.75. The van der Waals surface area contributed by atoms with Gasteiger partial charge in [0.15, 0.2) is 5.13 Å². The van der Waals surface area contributed by atoms with Gasteiger partial charge in [-0.15, -0.1) is 0 Å². The maximum absolute atomic E-state index is 12.5. The number of nitrogens with zero attached hydrogens (tertiary/aromatic N) is 1. The van der Waals surface area contributed by atoms with Gasteiger partial charge in [-0.1, -0.05) is 17.4 Å². The molecule has 0 fully saturated rings. The summed E-state index contributed by atoms with van der Waals surface area (Å²) >= 11 is 1.40. The van der Waals surface area contributed by atoms with Crippen LogP contribution in [-0.2, 0) is 10.0 Å². The molecule has 3 aromatic carbocycles. The number of nitrogens with one attached hydrogen (secondary N) is 2. The standard InChI is InChI=1S/C22H19N3O4S2/c1-14-3-12-19-20(13-14)30-22(23-19)24-21(26)15-4-6-16(7-5-15)25-31(27,28)18-10-8-17(29-2)9-11-18/h3-13,25H,1-2H3,(H,23,24,26). The van der Waals surface area contributed by atoms with E-state index in [9.17, 15) is 13.2 Å². The zero-order chi connectivity index (χ0) is 22.0. The SMILES string of the molecule is COc1ccc(S(=O)(=O)Nc2ccc(C(=O)Nc3nc4ccc(C)cc4s3)cc2)cc1. The molecule has 1 aromatic heterocycles. The lowest BCUT2D eigenvalue weighted by Gasteiger charge is -2.09. The molecular weight excluding hydrogens is 434 g/mol. The summed E-state index contributed by atoms with van der Waals surface area (Å²) in [6, 6.07) is 18.2. The maximum Gasteiger partial charge on any atom is 0.261 e. The van der Waals surface area contributed by atoms with Gasteiger partial charge in [-0.2, -0.15) is 0 Å². The lowest BCUT2D eigenvalue weighted by atomic mass is 10.2. The summed E-state index contributed by atoms with van der Waals surface area (Å²) < 4.78 is 33.6. The number of fused-ring (bicyclic) bond motifs is 1. The molecule has 0 atom stereocenters. The Balaban J connectivity index is 1.45. The van der Waals surface area contributed by atoms with Crippen molar-refractivity contribution in [3.8, 4) is 5.75 Å². The number of hydrogen-bond acceptors (Lipinski definition) is 6. The minimum absolute atomic E-state index is 0.112. The highest BCUT2D eigenvalue weighted by atomic mass is 32.2. The third-order valence-corrected chi connectivity index (χ3v) is 6.86. The van der Waals surface area contributed by atoms with Gasteiger partial charge in [-0.3, -0.25) is 14.8 Å². The van der Waals surface area contributed by atoms with Gasteiger partial charge in [0, 0.05) is 11.3 Å². The average molecular weight is 454 g/mol. The fraction of sp³-hybridized carbons (Fsp3) is 0.0909. The van der Waals surface area contributed by atoms with E-state index in [0.29, 0.717) is 22.1 Å². The van der Waals surface area contributed by atoms with E-state index in [0.717, 1.165) is 15.8 Å². The second-order valence-electron chi connectivity index (χ2n) is 6.80. The number of rotatable bonds is 6. The van der Waals surface area contributed by atoms with Crippen molar-refractivity contribution in [2.24, 2.45) is 0 Å². The van der Waals surface area contributed by atoms with E-state index in [1.165, 1.54) is 42.7 Å². The molecule has 0 aliphatic rings. The first-order chi connectivity index (χ1) is 14.8. The van der Waals surface area contributed by atoms with Crippen LogP contribution in [0.3, 0.4) is 0 Å². The second-order valence-corrected chi connectivity index (χ2v) is 9.52. The van der Waals surface area contributed by atoms with Gasteiger partial charge in [-0.25, -0.2) is 13.4 Å². The Morgan fingerprint density at radius 2 is 1.71 bits per heavy atom. The first-order valence-corrected chi connectivity index (χ1v) is 11.6. The molecule has 0 bridgehead atoms. The molecule has 4 aromatic rings. The van der Waals surface area contributed by atoms with Crippen LogP contribution in [0, 0.1) is 6.92 Å². The number of benzene rings is 3. The Hall–Kier alpha value is -3.43. The number of thiazole rings is 1. The fourth-order valence-electron chi connectivity index (χ4n) is 2.91. The average Bonchev–Trinajstić information content (AvgIpc) is 3.15. The summed E-state index contributed by atoms with van der Waals surface area (Å²) in [7, 11) is -2.24. The number of ether oxygens (including phenoxy) is 1. The first kappa shape index (κ1) is 20.8. The molecule has 0 unspecified atom stereocenters. The quantitative estimate of drug-likeness (QED) is 0.442. The maximum atomic E-state index is 12.5. The van der Waals surface area contributed by atoms with Crippen LogP contribution >= 0.6 is 11.3 Å². The predicted molar refractivity (Wildman–Crippen MR) is 123 cm³/mol. The van der Waals surface area contributed by atoms with Gasteiger partial charge in [-0.05, 0) is 73.2 Å². The molecule has 0 aliphatic heterocycles. The normalized spacial score (nSPS) is 11.3. The summed E-state index contributed by atoms with van der Waals surface area (Å²) in [5.74, 6) is 0.248. The van der Waals surface area contributed by atoms with Gasteiger partial charge in [0.05, 0.1) is 22.2 Å². The zero-order valence-corrected chi connectivity index (χ0v) is 18.4. The summed E-state index contributed by atoms with van der Waals surface area (Å²) in [6.07, 6.45) is 0. The third kappa shape index (κ3) is 4.68. The second kappa shape index (κ2) is 8.37. The van der Waals surface area contributed by atoms with Crippen molar-refractivity contribution in [1.82, 2.24) is 4.98 Å². The van der Waals surface area contributed by atoms with Crippen molar-refractivity contribution in [2.75, 3.05) is 17.1 Å². The molecule has 0 saturated heterocycles. The van der Waals surface area contributed by atoms with Crippen LogP contribution < -0.4 is 14.8 Å². The summed E-state index contributed by atoms with van der Waals surface area (Å²) in [5, 5.41) is 3.30. The van der Waals surface area contributed by atoms with E-state index >= 15 is 0 Å². The van der Waals surface area contributed by atoms with Crippen molar-refractivity contribution >= 4 is 48.3 Å². The van der Waals surface area contributed by atoms with Crippen LogP contribution in [0.2, 0.25) is 0 Å². The molecule has 4 rings (SSSR count). The van der Waals surface area contributed by atoms with Crippen molar-refractivity contribution in [1.29, 1.82) is 0 Å². The van der Waals surface area contributed by atoms with Crippen LogP contribution in [0.5, 0.6) is 5.75 Å². The minimum Gasteiger partial charge on any atom is -0.497 e. The number of methoxy groups -OCH3 is 1. The Morgan fingerprint density at radius 1 is 1.00 bits per heavy atom. The van der Waals surface area contributed by atoms with Crippen LogP contribution in [0.25, 0.3) is 10.2 Å². The molecule has 2 N–H and O–H groups in total. The molecular formula is C22H19N3O4S2. The van der Waals surface area contributed by atoms with Crippen molar-refractivity contribution in [3.63, 3.8) is 0 Å². The first-order valence-electron chi connectivity index (χ1n) is 9.29. The molecule has 31 heavy (non-hydrogen) atoms. The van der Waals surface area contributed by atoms with E-state index in [1.807, 2.05) is 25.1 Å². The molecule has 158 valence electrons. The smallest absolute Gasteiger partial charge is 0.261 e. The van der Waals surface area contributed by atoms with Crippen molar-refractivity contribution in [3.05, 3.63) is 77.9 Å². The third-order valence-electron chi connectivity index (χ3n) is 4.53. The highest BCUT2D eigenvalue weighted by Gasteiger charge is 2.15. The molecule has 0 radical (unpaired) electrons. The Kier molecular flexibility index (Phi) is 5.62. The number of anilines is 2. The topological polar surface area (TPSA) is 97.4 Å². The van der Waals surface area contributed by atoms with E-state index in [2.05, 4.69) is 15.0 Å². The predicted octanol–water partition coefficient (Wildman–Crippen LogP) is 4.67. The summed E-state index contributed by atoms with van der Waals surface area (Å²) in [6.45, 7) is 2.00. The largest absolute Gasteiger partial charge is 0.497 e. The molecule has 0 aliphatic carbocycles. The molecule has 9 heteroatoms. The lowest BCUT2D eigenvalue weighted by molar-refractivity contribution is 0.102. The summed E-state index contributed by atoms with van der Waals surface area (Å²) in [4.78, 5) is 17.1. The number of amides is 1. The van der Waals surface area contributed by atoms with Gasteiger partial charge in [0.25, 0.3) is 15.9 Å². The van der Waals surface area contributed by atoms with E-state index in [1.54, 1.807) is 24.3 Å². The molecule has 0 saturated carbocycles. The summed E-state index contributed by atoms with van der Waals surface area (Å²) in [5.41, 5.74) is 2.70. The zero-order valence-electron chi connectivity index (χ0n) is 16.7. The fourth-order valence-corrected chi connectivity index (χ4v) is 4.93.